The number of hydrogen-bond donors (Lipinski definition) is 2. The normalized spacial score (nSPS) is 15.0. The number of carbonyl (C=O) groups excluding carboxylic acids is 1. The fourth-order valence-corrected chi connectivity index (χ4v) is 2.22. The number of carboxylic acids is 1. The molecule has 0 bridgehead atoms. The number of rotatable bonds is 6. The van der Waals surface area contributed by atoms with Crippen LogP contribution in [0.3, 0.4) is 0 Å². The lowest BCUT2D eigenvalue weighted by Crippen LogP contribution is -2.45. The molecule has 19 heavy (non-hydrogen) atoms. The number of carbonyl (C=O) groups is 2. The molecule has 0 aliphatic heterocycles. The standard InChI is InChI=1S/C13H17NO5/c15-6-5-14(9-2-1-3-9)13(18)10-4-7-19-11(10)8-12(16)17/h4,7,9,15H,1-3,5-6,8H2,(H,16,17). The number of aliphatic carboxylic acids is 1. The maximum Gasteiger partial charge on any atom is 0.311 e. The van der Waals surface area contributed by atoms with Crippen LogP contribution in [0.2, 0.25) is 0 Å². The zero-order valence-electron chi connectivity index (χ0n) is 10.5. The van der Waals surface area contributed by atoms with Gasteiger partial charge in [0.25, 0.3) is 5.91 Å². The van der Waals surface area contributed by atoms with E-state index in [1.165, 1.54) is 12.3 Å². The molecular formula is C13H17NO5. The second kappa shape index (κ2) is 5.88. The quantitative estimate of drug-likeness (QED) is 0.798. The molecular weight excluding hydrogens is 250 g/mol. The molecule has 1 fully saturated rings. The molecule has 0 spiro atoms. The van der Waals surface area contributed by atoms with E-state index >= 15 is 0 Å². The highest BCUT2D eigenvalue weighted by atomic mass is 16.4. The Labute approximate surface area is 110 Å². The first-order valence-electron chi connectivity index (χ1n) is 6.33. The van der Waals surface area contributed by atoms with Crippen molar-refractivity contribution >= 4 is 11.9 Å². The molecule has 1 aliphatic carbocycles. The first-order valence-corrected chi connectivity index (χ1v) is 6.33. The third kappa shape index (κ3) is 2.96. The lowest BCUT2D eigenvalue weighted by atomic mass is 9.91. The van der Waals surface area contributed by atoms with Gasteiger partial charge in [0, 0.05) is 12.6 Å². The third-order valence-corrected chi connectivity index (χ3v) is 3.40. The average Bonchev–Trinajstić information content (AvgIpc) is 2.72. The van der Waals surface area contributed by atoms with Gasteiger partial charge in [-0.3, -0.25) is 9.59 Å². The molecule has 1 amide bonds. The van der Waals surface area contributed by atoms with Crippen LogP contribution in [-0.2, 0) is 11.2 Å². The van der Waals surface area contributed by atoms with Crippen molar-refractivity contribution in [2.24, 2.45) is 0 Å². The number of aliphatic hydroxyl groups excluding tert-OH is 1. The SMILES string of the molecule is O=C(O)Cc1occc1C(=O)N(CCO)C1CCC1. The van der Waals surface area contributed by atoms with E-state index in [4.69, 9.17) is 14.6 Å². The van der Waals surface area contributed by atoms with Crippen molar-refractivity contribution in [3.63, 3.8) is 0 Å². The van der Waals surface area contributed by atoms with E-state index in [1.807, 2.05) is 0 Å². The van der Waals surface area contributed by atoms with Gasteiger partial charge in [-0.1, -0.05) is 0 Å². The summed E-state index contributed by atoms with van der Waals surface area (Å²) in [6, 6.07) is 1.64. The summed E-state index contributed by atoms with van der Waals surface area (Å²) >= 11 is 0. The predicted molar refractivity (Wildman–Crippen MR) is 65.8 cm³/mol. The highest BCUT2D eigenvalue weighted by molar-refractivity contribution is 5.96. The smallest absolute Gasteiger partial charge is 0.311 e. The maximum absolute atomic E-state index is 12.4. The van der Waals surface area contributed by atoms with Crippen LogP contribution in [0.25, 0.3) is 0 Å². The van der Waals surface area contributed by atoms with Crippen LogP contribution in [0.1, 0.15) is 35.4 Å². The molecule has 0 radical (unpaired) electrons. The van der Waals surface area contributed by atoms with E-state index in [9.17, 15) is 9.59 Å². The Morgan fingerprint density at radius 2 is 2.16 bits per heavy atom. The number of carboxylic acid groups (broad SMARTS) is 1. The van der Waals surface area contributed by atoms with E-state index in [0.29, 0.717) is 0 Å². The molecule has 1 saturated carbocycles. The zero-order chi connectivity index (χ0) is 13.8. The number of aliphatic hydroxyl groups is 1. The second-order valence-corrected chi connectivity index (χ2v) is 4.63. The van der Waals surface area contributed by atoms with Crippen LogP contribution >= 0.6 is 0 Å². The minimum absolute atomic E-state index is 0.103. The molecule has 0 unspecified atom stereocenters. The average molecular weight is 267 g/mol. The molecule has 0 atom stereocenters. The molecule has 0 saturated heterocycles. The fraction of sp³-hybridized carbons (Fsp3) is 0.538. The van der Waals surface area contributed by atoms with Gasteiger partial charge >= 0.3 is 5.97 Å². The van der Waals surface area contributed by atoms with Gasteiger partial charge in [-0.15, -0.1) is 0 Å². The molecule has 1 heterocycles. The van der Waals surface area contributed by atoms with Gasteiger partial charge in [0.1, 0.15) is 12.2 Å². The first kappa shape index (κ1) is 13.6. The van der Waals surface area contributed by atoms with Gasteiger partial charge in [0.05, 0.1) is 18.4 Å². The Morgan fingerprint density at radius 1 is 1.42 bits per heavy atom. The lowest BCUT2D eigenvalue weighted by molar-refractivity contribution is -0.136. The summed E-state index contributed by atoms with van der Waals surface area (Å²) in [7, 11) is 0. The molecule has 6 nitrogen and oxygen atoms in total. The Balaban J connectivity index is 2.16. The minimum Gasteiger partial charge on any atom is -0.481 e. The number of furan rings is 1. The van der Waals surface area contributed by atoms with Gasteiger partial charge < -0.3 is 19.5 Å². The maximum atomic E-state index is 12.4. The molecule has 2 rings (SSSR count). The zero-order valence-corrected chi connectivity index (χ0v) is 10.5. The number of amides is 1. The van der Waals surface area contributed by atoms with Gasteiger partial charge in [-0.25, -0.2) is 0 Å². The molecule has 1 aliphatic rings. The Morgan fingerprint density at radius 3 is 2.68 bits per heavy atom. The van der Waals surface area contributed by atoms with Crippen molar-refractivity contribution in [3.05, 3.63) is 23.7 Å². The van der Waals surface area contributed by atoms with Gasteiger partial charge in [-0.05, 0) is 25.3 Å². The van der Waals surface area contributed by atoms with Crippen molar-refractivity contribution in [2.45, 2.75) is 31.7 Å². The van der Waals surface area contributed by atoms with Crippen LogP contribution in [-0.4, -0.2) is 46.2 Å². The van der Waals surface area contributed by atoms with Gasteiger partial charge in [-0.2, -0.15) is 0 Å². The van der Waals surface area contributed by atoms with E-state index in [-0.39, 0.29) is 42.8 Å². The van der Waals surface area contributed by atoms with E-state index in [1.54, 1.807) is 4.90 Å². The number of hydrogen-bond acceptors (Lipinski definition) is 4. The van der Waals surface area contributed by atoms with Crippen LogP contribution in [0.5, 0.6) is 0 Å². The summed E-state index contributed by atoms with van der Waals surface area (Å²) in [6.07, 6.45) is 3.94. The Kier molecular flexibility index (Phi) is 4.21. The fourth-order valence-electron chi connectivity index (χ4n) is 2.22. The van der Waals surface area contributed by atoms with Crippen LogP contribution < -0.4 is 0 Å². The molecule has 1 aromatic heterocycles. The van der Waals surface area contributed by atoms with Crippen LogP contribution in [0.4, 0.5) is 0 Å². The predicted octanol–water partition coefficient (Wildman–Crippen LogP) is 0.894. The van der Waals surface area contributed by atoms with Crippen LogP contribution in [0.15, 0.2) is 16.7 Å². The van der Waals surface area contributed by atoms with Crippen molar-refractivity contribution in [2.75, 3.05) is 13.2 Å². The van der Waals surface area contributed by atoms with Crippen molar-refractivity contribution in [3.8, 4) is 0 Å². The molecule has 1 aromatic rings. The highest BCUT2D eigenvalue weighted by Gasteiger charge is 2.31. The van der Waals surface area contributed by atoms with Gasteiger partial charge in [0.15, 0.2) is 0 Å². The summed E-state index contributed by atoms with van der Waals surface area (Å²) < 4.78 is 5.07. The second-order valence-electron chi connectivity index (χ2n) is 4.63. The topological polar surface area (TPSA) is 91.0 Å². The summed E-state index contributed by atoms with van der Waals surface area (Å²) in [6.45, 7) is 0.162. The largest absolute Gasteiger partial charge is 0.481 e. The highest BCUT2D eigenvalue weighted by Crippen LogP contribution is 2.27. The van der Waals surface area contributed by atoms with E-state index < -0.39 is 5.97 Å². The van der Waals surface area contributed by atoms with Gasteiger partial charge in [0.2, 0.25) is 0 Å². The lowest BCUT2D eigenvalue weighted by Gasteiger charge is -2.37. The summed E-state index contributed by atoms with van der Waals surface area (Å²) in [4.78, 5) is 24.7. The molecule has 2 N–H and O–H groups in total. The monoisotopic (exact) mass is 267 g/mol. The summed E-state index contributed by atoms with van der Waals surface area (Å²) in [5.41, 5.74) is 0.280. The first-order chi connectivity index (χ1) is 9.13. The van der Waals surface area contributed by atoms with Crippen molar-refractivity contribution < 1.29 is 24.2 Å². The molecule has 0 aromatic carbocycles. The molecule has 104 valence electrons. The summed E-state index contributed by atoms with van der Waals surface area (Å²) in [5, 5.41) is 17.8. The summed E-state index contributed by atoms with van der Waals surface area (Å²) in [5.74, 6) is -1.13. The van der Waals surface area contributed by atoms with E-state index in [0.717, 1.165) is 19.3 Å². The minimum atomic E-state index is -1.04. The third-order valence-electron chi connectivity index (χ3n) is 3.40. The molecule has 6 heteroatoms. The van der Waals surface area contributed by atoms with Crippen molar-refractivity contribution in [1.82, 2.24) is 4.90 Å². The Bertz CT molecular complexity index is 463. The van der Waals surface area contributed by atoms with Crippen LogP contribution in [0, 0.1) is 0 Å². The number of nitrogens with zero attached hydrogens (tertiary/aromatic N) is 1. The Hall–Kier alpha value is -1.82. The van der Waals surface area contributed by atoms with Crippen molar-refractivity contribution in [1.29, 1.82) is 0 Å². The van der Waals surface area contributed by atoms with E-state index in [2.05, 4.69) is 0 Å².